The van der Waals surface area contributed by atoms with Gasteiger partial charge in [-0.3, -0.25) is 0 Å². The van der Waals surface area contributed by atoms with Crippen molar-refractivity contribution >= 4 is 29.2 Å². The van der Waals surface area contributed by atoms with Crippen LogP contribution in [-0.2, 0) is 0 Å². The van der Waals surface area contributed by atoms with Crippen LogP contribution in [0.15, 0.2) is 54.6 Å². The molecule has 4 rings (SSSR count). The van der Waals surface area contributed by atoms with Gasteiger partial charge in [0.15, 0.2) is 0 Å². The van der Waals surface area contributed by atoms with E-state index in [0.29, 0.717) is 23.5 Å². The number of hydrogen-bond donors (Lipinski definition) is 3. The fraction of sp³-hybridized carbons (Fsp3) is 0.211. The lowest BCUT2D eigenvalue weighted by Gasteiger charge is -2.27. The molecule has 3 N–H and O–H groups in total. The Morgan fingerprint density at radius 2 is 1.48 bits per heavy atom. The monoisotopic (exact) mass is 365 g/mol. The van der Waals surface area contributed by atoms with Crippen LogP contribution in [-0.4, -0.2) is 41.1 Å². The summed E-state index contributed by atoms with van der Waals surface area (Å²) in [6.07, 6.45) is 0. The Bertz CT molecular complexity index is 898. The molecule has 1 fully saturated rings. The number of rotatable bonds is 5. The van der Waals surface area contributed by atoms with E-state index in [2.05, 4.69) is 35.8 Å². The first-order valence-corrected chi connectivity index (χ1v) is 8.83. The van der Waals surface area contributed by atoms with Gasteiger partial charge in [-0.05, 0) is 30.3 Å². The molecule has 2 heterocycles. The molecule has 3 aromatic rings. The number of halogens is 1. The van der Waals surface area contributed by atoms with Gasteiger partial charge in [-0.15, -0.1) is 0 Å². The first kappa shape index (κ1) is 17.2. The molecule has 0 radical (unpaired) electrons. The average molecular weight is 365 g/mol. The maximum atomic E-state index is 13.5. The molecule has 0 unspecified atom stereocenters. The van der Waals surface area contributed by atoms with E-state index < -0.39 is 0 Å². The summed E-state index contributed by atoms with van der Waals surface area (Å²) in [6.45, 7) is 3.38. The molecule has 0 bridgehead atoms. The van der Waals surface area contributed by atoms with E-state index in [9.17, 15) is 4.39 Å². The average Bonchev–Trinajstić information content (AvgIpc) is 2.69. The highest BCUT2D eigenvalue weighted by Gasteiger charge is 2.16. The van der Waals surface area contributed by atoms with Crippen LogP contribution in [0, 0.1) is 5.82 Å². The van der Waals surface area contributed by atoms with Gasteiger partial charge in [0.25, 0.3) is 0 Å². The standard InChI is InChI=1S/C19H20FN7/c20-14-5-4-8-16(13-14)23-18-24-17(22-15-6-2-1-3-7-15)25-19(26-18)27-11-9-21-10-12-27/h1-8,13,21H,9-12H2,(H2,22,23,24,25,26). The van der Waals surface area contributed by atoms with Crippen molar-refractivity contribution in [1.82, 2.24) is 20.3 Å². The second kappa shape index (κ2) is 7.96. The summed E-state index contributed by atoms with van der Waals surface area (Å²) >= 11 is 0. The van der Waals surface area contributed by atoms with E-state index in [-0.39, 0.29) is 5.82 Å². The minimum Gasteiger partial charge on any atom is -0.338 e. The molecule has 1 saturated heterocycles. The first-order chi connectivity index (χ1) is 13.3. The Morgan fingerprint density at radius 1 is 0.815 bits per heavy atom. The third-order valence-corrected chi connectivity index (χ3v) is 4.13. The zero-order valence-corrected chi connectivity index (χ0v) is 14.7. The smallest absolute Gasteiger partial charge is 0.233 e. The van der Waals surface area contributed by atoms with Crippen LogP contribution in [0.5, 0.6) is 0 Å². The summed E-state index contributed by atoms with van der Waals surface area (Å²) in [4.78, 5) is 15.6. The van der Waals surface area contributed by atoms with Gasteiger partial charge in [-0.25, -0.2) is 4.39 Å². The highest BCUT2D eigenvalue weighted by atomic mass is 19.1. The largest absolute Gasteiger partial charge is 0.338 e. The van der Waals surface area contributed by atoms with E-state index >= 15 is 0 Å². The molecule has 1 aromatic heterocycles. The number of benzene rings is 2. The van der Waals surface area contributed by atoms with Crippen LogP contribution < -0.4 is 20.9 Å². The SMILES string of the molecule is Fc1cccc(Nc2nc(Nc3ccccc3)nc(N3CCNCC3)n2)c1. The molecule has 27 heavy (non-hydrogen) atoms. The molecule has 0 spiro atoms. The summed E-state index contributed by atoms with van der Waals surface area (Å²) in [5.74, 6) is 1.06. The number of nitrogens with zero attached hydrogens (tertiary/aromatic N) is 4. The third-order valence-electron chi connectivity index (χ3n) is 4.13. The predicted octanol–water partition coefficient (Wildman–Crippen LogP) is 2.91. The van der Waals surface area contributed by atoms with Crippen molar-refractivity contribution in [3.8, 4) is 0 Å². The van der Waals surface area contributed by atoms with Crippen LogP contribution in [0.2, 0.25) is 0 Å². The summed E-state index contributed by atoms with van der Waals surface area (Å²) in [6, 6.07) is 15.9. The van der Waals surface area contributed by atoms with E-state index in [4.69, 9.17) is 0 Å². The zero-order valence-electron chi connectivity index (χ0n) is 14.7. The third kappa shape index (κ3) is 4.48. The molecule has 8 heteroatoms. The minimum atomic E-state index is -0.320. The van der Waals surface area contributed by atoms with Crippen LogP contribution in [0.25, 0.3) is 0 Å². The molecule has 0 aliphatic carbocycles. The van der Waals surface area contributed by atoms with E-state index in [0.717, 1.165) is 31.9 Å². The lowest BCUT2D eigenvalue weighted by molar-refractivity contribution is 0.579. The number of anilines is 5. The normalized spacial score (nSPS) is 14.0. The summed E-state index contributed by atoms with van der Waals surface area (Å²) in [7, 11) is 0. The molecule has 0 amide bonds. The predicted molar refractivity (Wildman–Crippen MR) is 104 cm³/mol. The number of aromatic nitrogens is 3. The molecule has 2 aromatic carbocycles. The second-order valence-electron chi connectivity index (χ2n) is 6.15. The lowest BCUT2D eigenvalue weighted by atomic mass is 10.3. The maximum Gasteiger partial charge on any atom is 0.233 e. The van der Waals surface area contributed by atoms with Gasteiger partial charge in [-0.2, -0.15) is 15.0 Å². The Kier molecular flexibility index (Phi) is 5.06. The van der Waals surface area contributed by atoms with Crippen LogP contribution in [0.3, 0.4) is 0 Å². The second-order valence-corrected chi connectivity index (χ2v) is 6.15. The van der Waals surface area contributed by atoms with Crippen molar-refractivity contribution in [3.05, 3.63) is 60.4 Å². The Hall–Kier alpha value is -3.26. The van der Waals surface area contributed by atoms with Crippen LogP contribution in [0.4, 0.5) is 33.6 Å². The Morgan fingerprint density at radius 3 is 2.19 bits per heavy atom. The van der Waals surface area contributed by atoms with Gasteiger partial charge in [0.2, 0.25) is 17.8 Å². The molecule has 0 saturated carbocycles. The lowest BCUT2D eigenvalue weighted by Crippen LogP contribution is -2.44. The topological polar surface area (TPSA) is 78.0 Å². The molecule has 1 aliphatic heterocycles. The van der Waals surface area contributed by atoms with E-state index in [1.807, 2.05) is 30.3 Å². The van der Waals surface area contributed by atoms with E-state index in [1.54, 1.807) is 12.1 Å². The van der Waals surface area contributed by atoms with Gasteiger partial charge in [0, 0.05) is 37.6 Å². The van der Waals surface area contributed by atoms with Gasteiger partial charge in [0.05, 0.1) is 0 Å². The van der Waals surface area contributed by atoms with E-state index in [1.165, 1.54) is 12.1 Å². The minimum absolute atomic E-state index is 0.320. The Labute approximate surface area is 156 Å². The molecule has 0 atom stereocenters. The number of para-hydroxylation sites is 1. The first-order valence-electron chi connectivity index (χ1n) is 8.83. The zero-order chi connectivity index (χ0) is 18.5. The number of hydrogen-bond acceptors (Lipinski definition) is 7. The Balaban J connectivity index is 1.65. The number of piperazine rings is 1. The quantitative estimate of drug-likeness (QED) is 0.642. The van der Waals surface area contributed by atoms with Crippen LogP contribution in [0.1, 0.15) is 0 Å². The van der Waals surface area contributed by atoms with Crippen molar-refractivity contribution in [2.24, 2.45) is 0 Å². The highest BCUT2D eigenvalue weighted by molar-refractivity contribution is 5.59. The summed E-state index contributed by atoms with van der Waals surface area (Å²) in [5, 5.41) is 9.58. The fourth-order valence-electron chi connectivity index (χ4n) is 2.83. The van der Waals surface area contributed by atoms with Crippen molar-refractivity contribution in [3.63, 3.8) is 0 Å². The highest BCUT2D eigenvalue weighted by Crippen LogP contribution is 2.21. The van der Waals surface area contributed by atoms with Crippen molar-refractivity contribution in [2.45, 2.75) is 0 Å². The van der Waals surface area contributed by atoms with Gasteiger partial charge >= 0.3 is 0 Å². The van der Waals surface area contributed by atoms with Crippen molar-refractivity contribution in [2.75, 3.05) is 41.7 Å². The van der Waals surface area contributed by atoms with Gasteiger partial charge in [0.1, 0.15) is 5.82 Å². The maximum absolute atomic E-state index is 13.5. The molecule has 138 valence electrons. The van der Waals surface area contributed by atoms with Crippen LogP contribution >= 0.6 is 0 Å². The van der Waals surface area contributed by atoms with Crippen molar-refractivity contribution < 1.29 is 4.39 Å². The van der Waals surface area contributed by atoms with Gasteiger partial charge in [-0.1, -0.05) is 24.3 Å². The molecular formula is C19H20FN7. The molecule has 1 aliphatic rings. The number of nitrogens with one attached hydrogen (secondary N) is 3. The summed E-state index contributed by atoms with van der Waals surface area (Å²) < 4.78 is 13.5. The summed E-state index contributed by atoms with van der Waals surface area (Å²) in [5.41, 5.74) is 1.46. The fourth-order valence-corrected chi connectivity index (χ4v) is 2.83. The van der Waals surface area contributed by atoms with Crippen molar-refractivity contribution in [1.29, 1.82) is 0 Å². The van der Waals surface area contributed by atoms with Gasteiger partial charge < -0.3 is 20.9 Å². The molecular weight excluding hydrogens is 345 g/mol. The molecule has 7 nitrogen and oxygen atoms in total.